The predicted octanol–water partition coefficient (Wildman–Crippen LogP) is 7.29. The molecule has 1 aliphatic rings. The number of ether oxygens (including phenoxy) is 2. The van der Waals surface area contributed by atoms with Crippen LogP contribution in [-0.4, -0.2) is 40.2 Å². The first-order valence-corrected chi connectivity index (χ1v) is 13.3. The van der Waals surface area contributed by atoms with Crippen molar-refractivity contribution in [2.45, 2.75) is 20.5 Å². The number of thioether (sulfide) groups is 1. The average molecular weight is 571 g/mol. The van der Waals surface area contributed by atoms with Crippen LogP contribution >= 0.6 is 35.0 Å². The highest BCUT2D eigenvalue weighted by Gasteiger charge is 2.32. The van der Waals surface area contributed by atoms with Crippen molar-refractivity contribution in [3.8, 4) is 11.5 Å². The van der Waals surface area contributed by atoms with Crippen LogP contribution in [0.3, 0.4) is 0 Å². The molecule has 1 heterocycles. The van der Waals surface area contributed by atoms with Gasteiger partial charge < -0.3 is 14.6 Å². The van der Waals surface area contributed by atoms with E-state index in [0.717, 1.165) is 5.56 Å². The molecule has 3 aromatic rings. The van der Waals surface area contributed by atoms with Gasteiger partial charge in [-0.05, 0) is 85.3 Å². The zero-order valence-electron chi connectivity index (χ0n) is 20.6. The van der Waals surface area contributed by atoms with Crippen LogP contribution in [0, 0.1) is 0 Å². The minimum Gasteiger partial charge on any atom is -0.490 e. The van der Waals surface area contributed by atoms with Crippen molar-refractivity contribution >= 4 is 63.8 Å². The summed E-state index contributed by atoms with van der Waals surface area (Å²) in [6.07, 6.45) is 1.73. The Balaban J connectivity index is 1.61. The summed E-state index contributed by atoms with van der Waals surface area (Å²) in [6.45, 7) is 4.79. The van der Waals surface area contributed by atoms with E-state index in [9.17, 15) is 14.7 Å². The molecule has 0 atom stereocenters. The molecule has 196 valence electrons. The van der Waals surface area contributed by atoms with Crippen molar-refractivity contribution in [1.29, 1.82) is 0 Å². The van der Waals surface area contributed by atoms with Crippen LogP contribution in [0.4, 0.5) is 5.69 Å². The molecule has 38 heavy (non-hydrogen) atoms. The highest BCUT2D eigenvalue weighted by Crippen LogP contribution is 2.40. The summed E-state index contributed by atoms with van der Waals surface area (Å²) in [5.41, 5.74) is 2.16. The van der Waals surface area contributed by atoms with Gasteiger partial charge in [0.2, 0.25) is 0 Å². The molecule has 0 spiro atoms. The van der Waals surface area contributed by atoms with Gasteiger partial charge in [0, 0.05) is 11.6 Å². The maximum atomic E-state index is 13.1. The number of aliphatic imine (C=N–C) groups is 1. The van der Waals surface area contributed by atoms with Crippen molar-refractivity contribution in [2.24, 2.45) is 4.99 Å². The number of nitrogens with zero attached hydrogens (tertiary/aromatic N) is 2. The second-order valence-corrected chi connectivity index (χ2v) is 9.94. The Kier molecular flexibility index (Phi) is 8.99. The highest BCUT2D eigenvalue weighted by atomic mass is 35.5. The van der Waals surface area contributed by atoms with E-state index < -0.39 is 5.97 Å². The Hall–Kier alpha value is -3.46. The lowest BCUT2D eigenvalue weighted by Crippen LogP contribution is -2.28. The minimum atomic E-state index is -1.04. The number of carbonyl (C=O) groups excluding carboxylic acids is 1. The van der Waals surface area contributed by atoms with E-state index in [4.69, 9.17) is 32.7 Å². The van der Waals surface area contributed by atoms with Crippen molar-refractivity contribution in [2.75, 3.05) is 13.2 Å². The number of hydrogen-bond acceptors (Lipinski definition) is 6. The molecule has 3 aromatic carbocycles. The van der Waals surface area contributed by atoms with Gasteiger partial charge in [0.25, 0.3) is 5.91 Å². The van der Waals surface area contributed by atoms with Gasteiger partial charge >= 0.3 is 5.97 Å². The third-order valence-corrected chi connectivity index (χ3v) is 6.99. The lowest BCUT2D eigenvalue weighted by molar-refractivity contribution is -0.122. The quantitative estimate of drug-likeness (QED) is 0.271. The van der Waals surface area contributed by atoms with Crippen molar-refractivity contribution in [1.82, 2.24) is 4.90 Å². The number of amidine groups is 1. The maximum absolute atomic E-state index is 13.1. The predicted molar refractivity (Wildman–Crippen MR) is 152 cm³/mol. The van der Waals surface area contributed by atoms with Crippen LogP contribution in [0.5, 0.6) is 11.5 Å². The Labute approximate surface area is 234 Å². The normalized spacial score (nSPS) is 15.4. The number of rotatable bonds is 9. The van der Waals surface area contributed by atoms with Gasteiger partial charge in [0.05, 0.1) is 27.8 Å². The molecule has 1 N–H and O–H groups in total. The summed E-state index contributed by atoms with van der Waals surface area (Å²) < 4.78 is 11.8. The molecule has 7 nitrogen and oxygen atoms in total. The molecule has 0 radical (unpaired) electrons. The molecule has 4 rings (SSSR count). The van der Waals surface area contributed by atoms with E-state index in [-0.39, 0.29) is 18.1 Å². The molecular formula is C28H24Cl2N2O5S. The van der Waals surface area contributed by atoms with Crippen LogP contribution in [0.1, 0.15) is 35.3 Å². The van der Waals surface area contributed by atoms with E-state index in [1.54, 1.807) is 47.4 Å². The Morgan fingerprint density at radius 2 is 1.84 bits per heavy atom. The second kappa shape index (κ2) is 12.4. The van der Waals surface area contributed by atoms with Gasteiger partial charge in [-0.15, -0.1) is 0 Å². The van der Waals surface area contributed by atoms with Crippen molar-refractivity contribution in [3.05, 3.63) is 92.3 Å². The van der Waals surface area contributed by atoms with Crippen LogP contribution in [0.2, 0.25) is 10.0 Å². The number of carboxylic acids is 1. The number of benzene rings is 3. The molecule has 1 aliphatic heterocycles. The van der Waals surface area contributed by atoms with E-state index in [1.165, 1.54) is 23.9 Å². The summed E-state index contributed by atoms with van der Waals surface area (Å²) in [5, 5.41) is 10.7. The fourth-order valence-corrected chi connectivity index (χ4v) is 5.11. The Morgan fingerprint density at radius 1 is 1.08 bits per heavy atom. The fraction of sp³-hybridized carbons (Fsp3) is 0.179. The molecule has 0 saturated carbocycles. The highest BCUT2D eigenvalue weighted by molar-refractivity contribution is 8.18. The van der Waals surface area contributed by atoms with Gasteiger partial charge in [-0.2, -0.15) is 0 Å². The number of aromatic carboxylic acids is 1. The lowest BCUT2D eigenvalue weighted by Gasteiger charge is -2.15. The topological polar surface area (TPSA) is 88.4 Å². The fourth-order valence-electron chi connectivity index (χ4n) is 3.65. The van der Waals surface area contributed by atoms with Crippen molar-refractivity contribution < 1.29 is 24.2 Å². The lowest BCUT2D eigenvalue weighted by atomic mass is 10.1. The summed E-state index contributed by atoms with van der Waals surface area (Å²) in [6, 6.07) is 17.1. The third kappa shape index (κ3) is 6.51. The summed E-state index contributed by atoms with van der Waals surface area (Å²) >= 11 is 13.8. The summed E-state index contributed by atoms with van der Waals surface area (Å²) in [4.78, 5) is 31.0. The smallest absolute Gasteiger partial charge is 0.335 e. The van der Waals surface area contributed by atoms with Gasteiger partial charge in [-0.25, -0.2) is 9.79 Å². The zero-order chi connectivity index (χ0) is 27.2. The summed E-state index contributed by atoms with van der Waals surface area (Å²) in [7, 11) is 0. The van der Waals surface area contributed by atoms with Crippen LogP contribution < -0.4 is 9.47 Å². The van der Waals surface area contributed by atoms with Crippen molar-refractivity contribution in [3.63, 3.8) is 0 Å². The van der Waals surface area contributed by atoms with Gasteiger partial charge in [0.15, 0.2) is 16.7 Å². The maximum Gasteiger partial charge on any atom is 0.335 e. The number of amides is 1. The Morgan fingerprint density at radius 3 is 2.53 bits per heavy atom. The first-order chi connectivity index (χ1) is 18.3. The first kappa shape index (κ1) is 27.6. The monoisotopic (exact) mass is 570 g/mol. The van der Waals surface area contributed by atoms with Gasteiger partial charge in [-0.3, -0.25) is 9.69 Å². The minimum absolute atomic E-state index is 0.122. The standard InChI is InChI=1S/C28H24Cl2N2O5S/c1-3-32-26(33)24(38-28(32)31-21-7-5-6-19(15-21)27(34)35)14-18-12-22(30)25(23(13-18)36-4-2)37-16-17-8-10-20(29)11-9-17/h5-15H,3-4,16H2,1-2H3,(H,34,35)/b24-14-,31-28?. The van der Waals surface area contributed by atoms with E-state index >= 15 is 0 Å². The van der Waals surface area contributed by atoms with Gasteiger partial charge in [0.1, 0.15) is 6.61 Å². The number of halogens is 2. The van der Waals surface area contributed by atoms with E-state index in [0.29, 0.717) is 56.0 Å². The van der Waals surface area contributed by atoms with Crippen LogP contribution in [-0.2, 0) is 11.4 Å². The largest absolute Gasteiger partial charge is 0.490 e. The molecular weight excluding hydrogens is 547 g/mol. The molecule has 0 aliphatic carbocycles. The second-order valence-electron chi connectivity index (χ2n) is 8.09. The van der Waals surface area contributed by atoms with Crippen LogP contribution in [0.25, 0.3) is 6.08 Å². The molecule has 1 amide bonds. The van der Waals surface area contributed by atoms with E-state index in [1.807, 2.05) is 26.0 Å². The Bertz CT molecular complexity index is 1420. The third-order valence-electron chi connectivity index (χ3n) is 5.45. The molecule has 10 heteroatoms. The molecule has 1 fully saturated rings. The number of likely N-dealkylation sites (N-methyl/N-ethyl adjacent to an activating group) is 1. The first-order valence-electron chi connectivity index (χ1n) is 11.8. The number of carboxylic acid groups (broad SMARTS) is 1. The molecule has 1 saturated heterocycles. The average Bonchev–Trinajstić information content (AvgIpc) is 3.18. The van der Waals surface area contributed by atoms with E-state index in [2.05, 4.69) is 4.99 Å². The number of carbonyl (C=O) groups is 2. The molecule has 0 unspecified atom stereocenters. The zero-order valence-corrected chi connectivity index (χ0v) is 22.9. The molecule has 0 aromatic heterocycles. The number of hydrogen-bond donors (Lipinski definition) is 1. The van der Waals surface area contributed by atoms with Gasteiger partial charge in [-0.1, -0.05) is 41.4 Å². The van der Waals surface area contributed by atoms with Crippen LogP contribution in [0.15, 0.2) is 70.6 Å². The summed E-state index contributed by atoms with van der Waals surface area (Å²) in [5.74, 6) is -0.379. The molecule has 0 bridgehead atoms. The SMILES string of the molecule is CCOc1cc(/C=C2\SC(=Nc3cccc(C(=O)O)c3)N(CC)C2=O)cc(Cl)c1OCc1ccc(Cl)cc1.